The third-order valence-corrected chi connectivity index (χ3v) is 3.39. The van der Waals surface area contributed by atoms with Crippen molar-refractivity contribution in [3.63, 3.8) is 0 Å². The number of rotatable bonds is 0. The molecular formula is C9H10F2S. The highest BCUT2D eigenvalue weighted by atomic mass is 32.1. The van der Waals surface area contributed by atoms with Crippen molar-refractivity contribution in [3.05, 3.63) is 21.4 Å². The van der Waals surface area contributed by atoms with Crippen LogP contribution >= 0.6 is 11.3 Å². The maximum absolute atomic E-state index is 12.9. The molecule has 2 rings (SSSR count). The van der Waals surface area contributed by atoms with Gasteiger partial charge in [-0.2, -0.15) is 0 Å². The van der Waals surface area contributed by atoms with E-state index in [0.29, 0.717) is 6.42 Å². The summed E-state index contributed by atoms with van der Waals surface area (Å²) >= 11 is 1.59. The third-order valence-electron chi connectivity index (χ3n) is 2.39. The quantitative estimate of drug-likeness (QED) is 0.586. The minimum atomic E-state index is -2.46. The lowest BCUT2D eigenvalue weighted by Crippen LogP contribution is -2.25. The van der Waals surface area contributed by atoms with E-state index in [1.165, 1.54) is 0 Å². The lowest BCUT2D eigenvalue weighted by molar-refractivity contribution is -0.0121. The van der Waals surface area contributed by atoms with Gasteiger partial charge in [0, 0.05) is 17.7 Å². The van der Waals surface area contributed by atoms with E-state index >= 15 is 0 Å². The van der Waals surface area contributed by atoms with Crippen LogP contribution in [-0.4, -0.2) is 5.92 Å². The zero-order chi connectivity index (χ0) is 8.77. The van der Waals surface area contributed by atoms with E-state index in [1.807, 2.05) is 12.3 Å². The maximum atomic E-state index is 12.9. The zero-order valence-electron chi connectivity index (χ0n) is 6.86. The molecule has 0 saturated carbocycles. The fourth-order valence-corrected chi connectivity index (χ4v) is 2.56. The molecule has 0 aromatic carbocycles. The van der Waals surface area contributed by atoms with E-state index < -0.39 is 5.92 Å². The number of thiophene rings is 1. The molecule has 1 heterocycles. The van der Waals surface area contributed by atoms with Crippen LogP contribution in [0.15, 0.2) is 5.38 Å². The van der Waals surface area contributed by atoms with Gasteiger partial charge in [-0.05, 0) is 29.9 Å². The first kappa shape index (κ1) is 8.17. The zero-order valence-corrected chi connectivity index (χ0v) is 7.68. The van der Waals surface area contributed by atoms with E-state index in [2.05, 4.69) is 0 Å². The summed E-state index contributed by atoms with van der Waals surface area (Å²) in [7, 11) is 0. The molecule has 1 aromatic rings. The summed E-state index contributed by atoms with van der Waals surface area (Å²) < 4.78 is 25.9. The highest BCUT2D eigenvalue weighted by molar-refractivity contribution is 7.10. The van der Waals surface area contributed by atoms with E-state index in [9.17, 15) is 8.78 Å². The van der Waals surface area contributed by atoms with E-state index in [4.69, 9.17) is 0 Å². The monoisotopic (exact) mass is 188 g/mol. The molecule has 12 heavy (non-hydrogen) atoms. The lowest BCUT2D eigenvalue weighted by atomic mass is 9.91. The molecule has 1 aromatic heterocycles. The summed E-state index contributed by atoms with van der Waals surface area (Å²) in [6.07, 6.45) is 0.528. The molecule has 0 atom stereocenters. The van der Waals surface area contributed by atoms with Crippen LogP contribution in [0.3, 0.4) is 0 Å². The van der Waals surface area contributed by atoms with Crippen molar-refractivity contribution >= 4 is 11.3 Å². The van der Waals surface area contributed by atoms with Gasteiger partial charge in [0.15, 0.2) is 0 Å². The van der Waals surface area contributed by atoms with E-state index in [0.717, 1.165) is 16.0 Å². The number of halogens is 2. The number of alkyl halides is 2. The normalized spacial score (nSPS) is 20.6. The summed E-state index contributed by atoms with van der Waals surface area (Å²) in [6.45, 7) is 1.92. The Hall–Kier alpha value is -0.440. The van der Waals surface area contributed by atoms with Crippen LogP contribution in [0.25, 0.3) is 0 Å². The van der Waals surface area contributed by atoms with Crippen LogP contribution in [0, 0.1) is 6.92 Å². The summed E-state index contributed by atoms with van der Waals surface area (Å²) in [6, 6.07) is 0. The van der Waals surface area contributed by atoms with Crippen molar-refractivity contribution in [2.75, 3.05) is 0 Å². The van der Waals surface area contributed by atoms with Gasteiger partial charge in [-0.3, -0.25) is 0 Å². The number of hydrogen-bond acceptors (Lipinski definition) is 1. The molecule has 0 unspecified atom stereocenters. The molecule has 1 aliphatic carbocycles. The van der Waals surface area contributed by atoms with Crippen LogP contribution < -0.4 is 0 Å². The first-order valence-electron chi connectivity index (χ1n) is 4.02. The van der Waals surface area contributed by atoms with Gasteiger partial charge < -0.3 is 0 Å². The van der Waals surface area contributed by atoms with Crippen LogP contribution in [0.5, 0.6) is 0 Å². The summed E-state index contributed by atoms with van der Waals surface area (Å²) in [4.78, 5) is 1.06. The smallest absolute Gasteiger partial charge is 0.207 e. The van der Waals surface area contributed by atoms with Crippen LogP contribution in [-0.2, 0) is 12.8 Å². The first-order valence-corrected chi connectivity index (χ1v) is 4.90. The average molecular weight is 188 g/mol. The van der Waals surface area contributed by atoms with E-state index in [1.54, 1.807) is 11.3 Å². The highest BCUT2D eigenvalue weighted by Crippen LogP contribution is 2.36. The molecule has 3 heteroatoms. The summed E-state index contributed by atoms with van der Waals surface area (Å²) in [5.41, 5.74) is 2.04. The van der Waals surface area contributed by atoms with Gasteiger partial charge in [0.1, 0.15) is 0 Å². The van der Waals surface area contributed by atoms with Gasteiger partial charge in [0.25, 0.3) is 5.92 Å². The molecule has 66 valence electrons. The van der Waals surface area contributed by atoms with Crippen molar-refractivity contribution in [2.24, 2.45) is 0 Å². The fraction of sp³-hybridized carbons (Fsp3) is 0.556. The largest absolute Gasteiger partial charge is 0.252 e. The number of fused-ring (bicyclic) bond motifs is 1. The summed E-state index contributed by atoms with van der Waals surface area (Å²) in [5, 5.41) is 2.01. The standard InChI is InChI=1S/C9H10F2S/c1-6-8-4-9(10,11)3-2-7(8)5-12-6/h5H,2-4H2,1H3. The van der Waals surface area contributed by atoms with Crippen LogP contribution in [0.2, 0.25) is 0 Å². The molecule has 0 fully saturated rings. The van der Waals surface area contributed by atoms with Crippen LogP contribution in [0.4, 0.5) is 8.78 Å². The molecule has 0 saturated heterocycles. The lowest BCUT2D eigenvalue weighted by Gasteiger charge is -2.22. The Balaban J connectivity index is 2.38. The van der Waals surface area contributed by atoms with Crippen LogP contribution in [0.1, 0.15) is 22.4 Å². The second kappa shape index (κ2) is 2.52. The SMILES string of the molecule is Cc1scc2c1CC(F)(F)CC2. The Morgan fingerprint density at radius 1 is 1.50 bits per heavy atom. The number of hydrogen-bond donors (Lipinski definition) is 0. The number of aryl methyl sites for hydroxylation is 2. The first-order chi connectivity index (χ1) is 5.58. The molecule has 0 amide bonds. The van der Waals surface area contributed by atoms with Crippen molar-refractivity contribution in [1.29, 1.82) is 0 Å². The van der Waals surface area contributed by atoms with Gasteiger partial charge in [-0.1, -0.05) is 0 Å². The fourth-order valence-electron chi connectivity index (χ4n) is 1.64. The van der Waals surface area contributed by atoms with Crippen molar-refractivity contribution < 1.29 is 8.78 Å². The van der Waals surface area contributed by atoms with Gasteiger partial charge in [0.05, 0.1) is 0 Å². The predicted octanol–water partition coefficient (Wildman–Crippen LogP) is 3.18. The predicted molar refractivity (Wildman–Crippen MR) is 46.0 cm³/mol. The molecule has 0 aliphatic heterocycles. The summed E-state index contributed by atoms with van der Waals surface area (Å²) in [5.74, 6) is -2.46. The minimum Gasteiger partial charge on any atom is -0.207 e. The topological polar surface area (TPSA) is 0 Å². The van der Waals surface area contributed by atoms with Gasteiger partial charge in [0.2, 0.25) is 0 Å². The van der Waals surface area contributed by atoms with Crippen molar-refractivity contribution in [1.82, 2.24) is 0 Å². The Labute approximate surface area is 74.2 Å². The van der Waals surface area contributed by atoms with E-state index in [-0.39, 0.29) is 12.8 Å². The molecular weight excluding hydrogens is 178 g/mol. The van der Waals surface area contributed by atoms with Gasteiger partial charge in [-0.15, -0.1) is 11.3 Å². The molecule has 0 spiro atoms. The molecule has 0 radical (unpaired) electrons. The van der Waals surface area contributed by atoms with Gasteiger partial charge in [-0.25, -0.2) is 8.78 Å². The third kappa shape index (κ3) is 1.26. The molecule has 0 N–H and O–H groups in total. The van der Waals surface area contributed by atoms with Gasteiger partial charge >= 0.3 is 0 Å². The maximum Gasteiger partial charge on any atom is 0.252 e. The average Bonchev–Trinajstić information content (AvgIpc) is 2.31. The Morgan fingerprint density at radius 2 is 2.25 bits per heavy atom. The molecule has 1 aliphatic rings. The van der Waals surface area contributed by atoms with Crippen molar-refractivity contribution in [3.8, 4) is 0 Å². The Kier molecular flexibility index (Phi) is 1.72. The molecule has 0 bridgehead atoms. The second-order valence-corrected chi connectivity index (χ2v) is 4.41. The Morgan fingerprint density at radius 3 is 3.00 bits per heavy atom. The highest BCUT2D eigenvalue weighted by Gasteiger charge is 2.35. The molecule has 0 nitrogen and oxygen atoms in total. The second-order valence-electron chi connectivity index (χ2n) is 3.33. The Bertz CT molecular complexity index is 301. The van der Waals surface area contributed by atoms with Crippen molar-refractivity contribution in [2.45, 2.75) is 32.1 Å². The minimum absolute atomic E-state index is 0.0240.